The molecular formula is C22H30FIN4O2. The highest BCUT2D eigenvalue weighted by Crippen LogP contribution is 2.13. The van der Waals surface area contributed by atoms with Crippen LogP contribution >= 0.6 is 24.0 Å². The zero-order valence-electron chi connectivity index (χ0n) is 17.8. The molecule has 30 heavy (non-hydrogen) atoms. The van der Waals surface area contributed by atoms with Crippen molar-refractivity contribution in [1.29, 1.82) is 0 Å². The van der Waals surface area contributed by atoms with Crippen LogP contribution in [0.4, 0.5) is 14.9 Å². The molecule has 164 valence electrons. The van der Waals surface area contributed by atoms with Crippen LogP contribution in [-0.4, -0.2) is 31.2 Å². The Morgan fingerprint density at radius 2 is 1.73 bits per heavy atom. The minimum atomic E-state index is -0.533. The summed E-state index contributed by atoms with van der Waals surface area (Å²) in [5.41, 5.74) is 1.84. The van der Waals surface area contributed by atoms with Gasteiger partial charge in [-0.15, -0.1) is 24.0 Å². The maximum absolute atomic E-state index is 13.7. The number of carbonyl (C=O) groups is 1. The summed E-state index contributed by atoms with van der Waals surface area (Å²) in [4.78, 5) is 15.9. The minimum Gasteiger partial charge on any atom is -0.444 e. The van der Waals surface area contributed by atoms with Gasteiger partial charge in [0.1, 0.15) is 11.4 Å². The van der Waals surface area contributed by atoms with Gasteiger partial charge in [0.25, 0.3) is 0 Å². The van der Waals surface area contributed by atoms with Gasteiger partial charge in [0.2, 0.25) is 0 Å². The Bertz CT molecular complexity index is 836. The molecule has 0 saturated carbocycles. The van der Waals surface area contributed by atoms with Gasteiger partial charge in [0.15, 0.2) is 5.96 Å². The van der Waals surface area contributed by atoms with E-state index in [1.807, 2.05) is 45.0 Å². The molecule has 0 radical (unpaired) electrons. The topological polar surface area (TPSA) is 74.8 Å². The normalized spacial score (nSPS) is 11.3. The fraction of sp³-hybridized carbons (Fsp3) is 0.364. The lowest BCUT2D eigenvalue weighted by Crippen LogP contribution is -2.38. The Labute approximate surface area is 194 Å². The molecule has 0 aromatic heterocycles. The number of nitrogens with one attached hydrogen (secondary N) is 3. The standard InChI is InChI=1S/C22H29FN4O2.HI/c1-22(2,3)29-21(28)27-18-11-9-16(10-12-18)13-14-25-20(24-4)26-15-17-7-5-6-8-19(17)23;/h5-12H,13-15H2,1-4H3,(H,27,28)(H2,24,25,26);1H. The average molecular weight is 528 g/mol. The number of amides is 1. The second-order valence-electron chi connectivity index (χ2n) is 7.52. The van der Waals surface area contributed by atoms with Crippen molar-refractivity contribution in [1.82, 2.24) is 10.6 Å². The van der Waals surface area contributed by atoms with Crippen molar-refractivity contribution >= 4 is 41.7 Å². The summed E-state index contributed by atoms with van der Waals surface area (Å²) in [7, 11) is 1.67. The van der Waals surface area contributed by atoms with E-state index in [4.69, 9.17) is 4.74 Å². The first-order valence-electron chi connectivity index (χ1n) is 9.54. The SMILES string of the molecule is CN=C(NCCc1ccc(NC(=O)OC(C)(C)C)cc1)NCc1ccccc1F.I. The molecule has 6 nitrogen and oxygen atoms in total. The Balaban J connectivity index is 0.00000450. The number of halogens is 2. The van der Waals surface area contributed by atoms with Crippen LogP contribution in [0.15, 0.2) is 53.5 Å². The molecule has 0 saturated heterocycles. The van der Waals surface area contributed by atoms with E-state index < -0.39 is 11.7 Å². The van der Waals surface area contributed by atoms with Gasteiger partial charge in [-0.3, -0.25) is 10.3 Å². The third kappa shape index (κ3) is 9.43. The predicted octanol–water partition coefficient (Wildman–Crippen LogP) is 4.70. The molecular weight excluding hydrogens is 498 g/mol. The maximum Gasteiger partial charge on any atom is 0.412 e. The second kappa shape index (κ2) is 12.4. The monoisotopic (exact) mass is 528 g/mol. The van der Waals surface area contributed by atoms with Crippen molar-refractivity contribution in [2.24, 2.45) is 4.99 Å². The highest BCUT2D eigenvalue weighted by molar-refractivity contribution is 14.0. The van der Waals surface area contributed by atoms with Crippen molar-refractivity contribution in [3.8, 4) is 0 Å². The third-order valence-corrected chi connectivity index (χ3v) is 3.93. The number of aliphatic imine (C=N–C) groups is 1. The molecule has 2 aromatic carbocycles. The Morgan fingerprint density at radius 1 is 1.07 bits per heavy atom. The first-order chi connectivity index (χ1) is 13.8. The van der Waals surface area contributed by atoms with Gasteiger partial charge in [-0.05, 0) is 51.0 Å². The highest BCUT2D eigenvalue weighted by Gasteiger charge is 2.16. The number of ether oxygens (including phenoxy) is 1. The molecule has 0 bridgehead atoms. The summed E-state index contributed by atoms with van der Waals surface area (Å²) in [6.07, 6.45) is 0.296. The first-order valence-corrected chi connectivity index (χ1v) is 9.54. The summed E-state index contributed by atoms with van der Waals surface area (Å²) in [6, 6.07) is 14.2. The molecule has 1 amide bonds. The van der Waals surface area contributed by atoms with Crippen LogP contribution in [0.3, 0.4) is 0 Å². The first kappa shape index (κ1) is 25.7. The number of rotatable bonds is 6. The van der Waals surface area contributed by atoms with E-state index in [0.29, 0.717) is 30.3 Å². The molecule has 8 heteroatoms. The van der Waals surface area contributed by atoms with Crippen LogP contribution in [0.1, 0.15) is 31.9 Å². The highest BCUT2D eigenvalue weighted by atomic mass is 127. The lowest BCUT2D eigenvalue weighted by Gasteiger charge is -2.19. The lowest BCUT2D eigenvalue weighted by atomic mass is 10.1. The largest absolute Gasteiger partial charge is 0.444 e. The van der Waals surface area contributed by atoms with Crippen molar-refractivity contribution in [2.75, 3.05) is 18.9 Å². The fourth-order valence-electron chi connectivity index (χ4n) is 2.54. The zero-order valence-corrected chi connectivity index (χ0v) is 20.1. The molecule has 0 aliphatic heterocycles. The number of anilines is 1. The summed E-state index contributed by atoms with van der Waals surface area (Å²) >= 11 is 0. The number of hydrogen-bond acceptors (Lipinski definition) is 3. The number of carbonyl (C=O) groups excluding carboxylic acids is 1. The molecule has 0 fully saturated rings. The number of benzene rings is 2. The number of nitrogens with zero attached hydrogens (tertiary/aromatic N) is 1. The Morgan fingerprint density at radius 3 is 2.33 bits per heavy atom. The van der Waals surface area contributed by atoms with Crippen LogP contribution in [-0.2, 0) is 17.7 Å². The van der Waals surface area contributed by atoms with Gasteiger partial charge < -0.3 is 15.4 Å². The fourth-order valence-corrected chi connectivity index (χ4v) is 2.54. The molecule has 0 atom stereocenters. The number of guanidine groups is 1. The lowest BCUT2D eigenvalue weighted by molar-refractivity contribution is 0.0636. The molecule has 0 aliphatic rings. The van der Waals surface area contributed by atoms with Crippen molar-refractivity contribution in [3.63, 3.8) is 0 Å². The predicted molar refractivity (Wildman–Crippen MR) is 130 cm³/mol. The van der Waals surface area contributed by atoms with Crippen LogP contribution in [0.5, 0.6) is 0 Å². The van der Waals surface area contributed by atoms with Crippen molar-refractivity contribution in [2.45, 2.75) is 39.3 Å². The van der Waals surface area contributed by atoms with Crippen LogP contribution < -0.4 is 16.0 Å². The van der Waals surface area contributed by atoms with Gasteiger partial charge >= 0.3 is 6.09 Å². The van der Waals surface area contributed by atoms with E-state index in [2.05, 4.69) is 20.9 Å². The van der Waals surface area contributed by atoms with Crippen LogP contribution in [0.2, 0.25) is 0 Å². The number of hydrogen-bond donors (Lipinski definition) is 3. The van der Waals surface area contributed by atoms with Gasteiger partial charge in [0, 0.05) is 31.4 Å². The van der Waals surface area contributed by atoms with Gasteiger partial charge in [-0.1, -0.05) is 30.3 Å². The summed E-state index contributed by atoms with van der Waals surface area (Å²) in [5, 5.41) is 9.02. The quantitative estimate of drug-likeness (QED) is 0.289. The molecule has 2 aromatic rings. The van der Waals surface area contributed by atoms with Crippen LogP contribution in [0, 0.1) is 5.82 Å². The minimum absolute atomic E-state index is 0. The Hall–Kier alpha value is -2.36. The van der Waals surface area contributed by atoms with E-state index in [1.165, 1.54) is 6.07 Å². The van der Waals surface area contributed by atoms with Gasteiger partial charge in [0.05, 0.1) is 0 Å². The zero-order chi connectivity index (χ0) is 21.3. The van der Waals surface area contributed by atoms with E-state index in [0.717, 1.165) is 12.0 Å². The van der Waals surface area contributed by atoms with Gasteiger partial charge in [-0.2, -0.15) is 0 Å². The molecule has 0 unspecified atom stereocenters. The van der Waals surface area contributed by atoms with Crippen molar-refractivity contribution in [3.05, 3.63) is 65.5 Å². The summed E-state index contributed by atoms with van der Waals surface area (Å²) in [5.74, 6) is 0.368. The molecule has 0 spiro atoms. The second-order valence-corrected chi connectivity index (χ2v) is 7.52. The van der Waals surface area contributed by atoms with E-state index >= 15 is 0 Å². The smallest absolute Gasteiger partial charge is 0.412 e. The molecule has 0 aliphatic carbocycles. The van der Waals surface area contributed by atoms with E-state index in [9.17, 15) is 9.18 Å². The molecule has 0 heterocycles. The van der Waals surface area contributed by atoms with E-state index in [1.54, 1.807) is 25.2 Å². The molecule has 3 N–H and O–H groups in total. The Kier molecular flexibility index (Phi) is 10.6. The summed E-state index contributed by atoms with van der Waals surface area (Å²) in [6.45, 7) is 6.48. The van der Waals surface area contributed by atoms with Gasteiger partial charge in [-0.25, -0.2) is 9.18 Å². The third-order valence-electron chi connectivity index (χ3n) is 3.93. The maximum atomic E-state index is 13.7. The van der Waals surface area contributed by atoms with Crippen LogP contribution in [0.25, 0.3) is 0 Å². The van der Waals surface area contributed by atoms with Crippen molar-refractivity contribution < 1.29 is 13.9 Å². The van der Waals surface area contributed by atoms with E-state index in [-0.39, 0.29) is 29.8 Å². The molecule has 2 rings (SSSR count). The average Bonchev–Trinajstić information content (AvgIpc) is 2.65. The summed E-state index contributed by atoms with van der Waals surface area (Å²) < 4.78 is 18.9.